The second-order valence-electron chi connectivity index (χ2n) is 4.97. The highest BCUT2D eigenvalue weighted by Gasteiger charge is 2.41. The van der Waals surface area contributed by atoms with Gasteiger partial charge in [0.1, 0.15) is 0 Å². The van der Waals surface area contributed by atoms with Gasteiger partial charge in [0.05, 0.1) is 11.6 Å². The first-order valence-electron chi connectivity index (χ1n) is 6.03. The van der Waals surface area contributed by atoms with E-state index in [1.165, 1.54) is 0 Å². The fraction of sp³-hybridized carbons (Fsp3) is 0.909. The molecule has 0 aromatic rings. The third-order valence-electron chi connectivity index (χ3n) is 3.85. The molecular weight excluding hydrogens is 206 g/mol. The van der Waals surface area contributed by atoms with E-state index in [1.54, 1.807) is 0 Å². The number of carbonyl (C=O) groups excluding carboxylic acids is 1. The number of piperidine rings is 1. The number of nitrogens with two attached hydrogens (primary N) is 2. The topological polar surface area (TPSA) is 90.4 Å². The highest BCUT2D eigenvalue weighted by atomic mass is 16.5. The maximum absolute atomic E-state index is 11.3. The zero-order valence-electron chi connectivity index (χ0n) is 9.58. The monoisotopic (exact) mass is 227 g/mol. The van der Waals surface area contributed by atoms with Crippen LogP contribution in [0.4, 0.5) is 0 Å². The summed E-state index contributed by atoms with van der Waals surface area (Å²) in [6, 6.07) is 0. The van der Waals surface area contributed by atoms with Gasteiger partial charge >= 0.3 is 0 Å². The van der Waals surface area contributed by atoms with E-state index >= 15 is 0 Å². The summed E-state index contributed by atoms with van der Waals surface area (Å²) in [7, 11) is 0. The quantitative estimate of drug-likeness (QED) is 0.584. The third kappa shape index (κ3) is 2.36. The van der Waals surface area contributed by atoms with Crippen molar-refractivity contribution in [2.45, 2.75) is 37.3 Å². The van der Waals surface area contributed by atoms with E-state index in [0.29, 0.717) is 25.4 Å². The molecule has 2 atom stereocenters. The van der Waals surface area contributed by atoms with Gasteiger partial charge in [-0.1, -0.05) is 0 Å². The predicted octanol–water partition coefficient (Wildman–Crippen LogP) is -0.652. The molecule has 2 fully saturated rings. The van der Waals surface area contributed by atoms with Crippen LogP contribution in [0.5, 0.6) is 0 Å². The molecule has 0 aliphatic carbocycles. The first-order chi connectivity index (χ1) is 7.62. The molecule has 0 saturated carbocycles. The molecule has 16 heavy (non-hydrogen) atoms. The highest BCUT2D eigenvalue weighted by molar-refractivity contribution is 5.84. The van der Waals surface area contributed by atoms with Crippen LogP contribution in [0.15, 0.2) is 0 Å². The molecule has 5 heteroatoms. The standard InChI is InChI=1S/C11H21N3O2/c12-10(15)11(13)3-6-16-9(7-11)8-1-4-14-5-2-8/h8-9,14H,1-7,13H2,(H2,12,15). The van der Waals surface area contributed by atoms with Crippen molar-refractivity contribution in [3.05, 3.63) is 0 Å². The fourth-order valence-electron chi connectivity index (χ4n) is 2.65. The second-order valence-corrected chi connectivity index (χ2v) is 4.97. The molecule has 0 bridgehead atoms. The lowest BCUT2D eigenvalue weighted by atomic mass is 9.80. The lowest BCUT2D eigenvalue weighted by Crippen LogP contribution is -2.58. The van der Waals surface area contributed by atoms with Crippen LogP contribution >= 0.6 is 0 Å². The Balaban J connectivity index is 1.98. The van der Waals surface area contributed by atoms with Gasteiger partial charge in [-0.15, -0.1) is 0 Å². The minimum absolute atomic E-state index is 0.105. The van der Waals surface area contributed by atoms with Gasteiger partial charge in [-0.2, -0.15) is 0 Å². The molecule has 2 aliphatic rings. The van der Waals surface area contributed by atoms with Gasteiger partial charge in [-0.25, -0.2) is 0 Å². The molecule has 2 aliphatic heterocycles. The van der Waals surface area contributed by atoms with Crippen molar-refractivity contribution in [2.75, 3.05) is 19.7 Å². The molecule has 0 aromatic heterocycles. The number of ether oxygens (including phenoxy) is 1. The van der Waals surface area contributed by atoms with Gasteiger partial charge in [0.15, 0.2) is 0 Å². The summed E-state index contributed by atoms with van der Waals surface area (Å²) in [4.78, 5) is 11.3. The number of amides is 1. The van der Waals surface area contributed by atoms with Crippen LogP contribution in [0.3, 0.4) is 0 Å². The zero-order chi connectivity index (χ0) is 11.6. The Labute approximate surface area is 95.9 Å². The van der Waals surface area contributed by atoms with E-state index in [1.807, 2.05) is 0 Å². The summed E-state index contributed by atoms with van der Waals surface area (Å²) < 4.78 is 5.75. The van der Waals surface area contributed by atoms with Gasteiger partial charge in [0.25, 0.3) is 0 Å². The van der Waals surface area contributed by atoms with Crippen LogP contribution in [-0.2, 0) is 9.53 Å². The Bertz CT molecular complexity index is 266. The molecule has 0 radical (unpaired) electrons. The molecule has 0 aromatic carbocycles. The van der Waals surface area contributed by atoms with Crippen molar-refractivity contribution in [1.82, 2.24) is 5.32 Å². The number of hydrogen-bond acceptors (Lipinski definition) is 4. The predicted molar refractivity (Wildman–Crippen MR) is 60.7 cm³/mol. The van der Waals surface area contributed by atoms with Gasteiger partial charge < -0.3 is 21.5 Å². The fourth-order valence-corrected chi connectivity index (χ4v) is 2.65. The summed E-state index contributed by atoms with van der Waals surface area (Å²) in [5.74, 6) is 0.124. The SMILES string of the molecule is NC(=O)C1(N)CCOC(C2CCNCC2)C1. The first-order valence-corrected chi connectivity index (χ1v) is 6.03. The van der Waals surface area contributed by atoms with Crippen LogP contribution in [0.1, 0.15) is 25.7 Å². The Morgan fingerprint density at radius 2 is 2.06 bits per heavy atom. The Hall–Kier alpha value is -0.650. The van der Waals surface area contributed by atoms with Crippen molar-refractivity contribution in [1.29, 1.82) is 0 Å². The van der Waals surface area contributed by atoms with Crippen LogP contribution in [0.25, 0.3) is 0 Å². The molecule has 2 heterocycles. The number of primary amides is 1. The first kappa shape index (κ1) is 11.8. The van der Waals surface area contributed by atoms with E-state index in [2.05, 4.69) is 5.32 Å². The van der Waals surface area contributed by atoms with Crippen LogP contribution in [0.2, 0.25) is 0 Å². The molecule has 1 amide bonds. The zero-order valence-corrected chi connectivity index (χ0v) is 9.58. The van der Waals surface area contributed by atoms with E-state index < -0.39 is 11.4 Å². The Morgan fingerprint density at radius 3 is 2.69 bits per heavy atom. The summed E-state index contributed by atoms with van der Waals surface area (Å²) in [6.07, 6.45) is 3.42. The maximum atomic E-state index is 11.3. The van der Waals surface area contributed by atoms with Gasteiger partial charge in [-0.05, 0) is 38.3 Å². The molecular formula is C11H21N3O2. The van der Waals surface area contributed by atoms with Gasteiger partial charge in [0.2, 0.25) is 5.91 Å². The Morgan fingerprint density at radius 1 is 1.38 bits per heavy atom. The number of carbonyl (C=O) groups is 1. The smallest absolute Gasteiger partial charge is 0.237 e. The minimum atomic E-state index is -0.853. The molecule has 2 unspecified atom stereocenters. The van der Waals surface area contributed by atoms with Crippen molar-refractivity contribution < 1.29 is 9.53 Å². The van der Waals surface area contributed by atoms with Crippen molar-refractivity contribution >= 4 is 5.91 Å². The summed E-state index contributed by atoms with van der Waals surface area (Å²) in [5, 5.41) is 3.32. The average molecular weight is 227 g/mol. The molecule has 2 rings (SSSR count). The van der Waals surface area contributed by atoms with Gasteiger partial charge in [-0.3, -0.25) is 4.79 Å². The Kier molecular flexibility index (Phi) is 3.47. The van der Waals surface area contributed by atoms with Crippen LogP contribution < -0.4 is 16.8 Å². The number of rotatable bonds is 2. The molecule has 2 saturated heterocycles. The third-order valence-corrected chi connectivity index (χ3v) is 3.85. The maximum Gasteiger partial charge on any atom is 0.237 e. The van der Waals surface area contributed by atoms with E-state index in [4.69, 9.17) is 16.2 Å². The second kappa shape index (κ2) is 4.69. The molecule has 5 N–H and O–H groups in total. The summed E-state index contributed by atoms with van der Waals surface area (Å²) in [6.45, 7) is 2.60. The largest absolute Gasteiger partial charge is 0.378 e. The summed E-state index contributed by atoms with van der Waals surface area (Å²) in [5.41, 5.74) is 10.5. The number of nitrogens with one attached hydrogen (secondary N) is 1. The van der Waals surface area contributed by atoms with Crippen LogP contribution in [0, 0.1) is 5.92 Å². The van der Waals surface area contributed by atoms with Crippen LogP contribution in [-0.4, -0.2) is 37.2 Å². The molecule has 0 spiro atoms. The van der Waals surface area contributed by atoms with E-state index in [-0.39, 0.29) is 6.10 Å². The minimum Gasteiger partial charge on any atom is -0.378 e. The van der Waals surface area contributed by atoms with Crippen molar-refractivity contribution in [2.24, 2.45) is 17.4 Å². The lowest BCUT2D eigenvalue weighted by molar-refractivity contribution is -0.131. The average Bonchev–Trinajstić information content (AvgIpc) is 2.30. The number of hydrogen-bond donors (Lipinski definition) is 3. The van der Waals surface area contributed by atoms with Crippen molar-refractivity contribution in [3.63, 3.8) is 0 Å². The molecule has 92 valence electrons. The van der Waals surface area contributed by atoms with E-state index in [0.717, 1.165) is 25.9 Å². The lowest BCUT2D eigenvalue weighted by Gasteiger charge is -2.40. The normalized spacial score (nSPS) is 37.2. The molecule has 5 nitrogen and oxygen atoms in total. The van der Waals surface area contributed by atoms with Gasteiger partial charge in [0, 0.05) is 13.0 Å². The van der Waals surface area contributed by atoms with E-state index in [9.17, 15) is 4.79 Å². The summed E-state index contributed by atoms with van der Waals surface area (Å²) >= 11 is 0. The highest BCUT2D eigenvalue weighted by Crippen LogP contribution is 2.30. The van der Waals surface area contributed by atoms with Crippen molar-refractivity contribution in [3.8, 4) is 0 Å².